The lowest BCUT2D eigenvalue weighted by Crippen LogP contribution is -2.35. The zero-order valence-corrected chi connectivity index (χ0v) is 14.2. The second-order valence-electron chi connectivity index (χ2n) is 6.24. The molecule has 25 heavy (non-hydrogen) atoms. The fourth-order valence-electron chi connectivity index (χ4n) is 2.97. The monoisotopic (exact) mass is 326 g/mol. The number of nitrogens with zero attached hydrogens (tertiary/aromatic N) is 1. The summed E-state index contributed by atoms with van der Waals surface area (Å²) in [6.07, 6.45) is 2.10. The molecule has 0 saturated carbocycles. The number of fused-ring (bicyclic) bond motifs is 1. The van der Waals surface area contributed by atoms with E-state index < -0.39 is 0 Å². The van der Waals surface area contributed by atoms with Crippen molar-refractivity contribution in [2.45, 2.75) is 13.5 Å². The Morgan fingerprint density at radius 2 is 1.48 bits per heavy atom. The third-order valence-electron chi connectivity index (χ3n) is 4.32. The fraction of sp³-hybridized carbons (Fsp3) is 0.0870. The Morgan fingerprint density at radius 3 is 2.28 bits per heavy atom. The van der Waals surface area contributed by atoms with Crippen LogP contribution in [0.5, 0.6) is 11.6 Å². The molecule has 1 heterocycles. The first-order valence-corrected chi connectivity index (χ1v) is 8.49. The molecule has 0 saturated heterocycles. The van der Waals surface area contributed by atoms with Gasteiger partial charge in [0.05, 0.1) is 5.39 Å². The molecule has 0 atom stereocenters. The van der Waals surface area contributed by atoms with Crippen LogP contribution in [0.2, 0.25) is 0 Å². The predicted octanol–water partition coefficient (Wildman–Crippen LogP) is 5.28. The minimum absolute atomic E-state index is 0.771. The van der Waals surface area contributed by atoms with Crippen LogP contribution < -0.4 is 9.30 Å². The van der Waals surface area contributed by atoms with Crippen molar-refractivity contribution < 1.29 is 9.30 Å². The van der Waals surface area contributed by atoms with E-state index in [1.54, 1.807) is 0 Å². The van der Waals surface area contributed by atoms with Crippen LogP contribution in [-0.2, 0) is 6.54 Å². The SMILES string of the molecule is Cc1ccc(Oc2c3ccccc3cc[n+]2Cc2ccccc2)cc1. The maximum Gasteiger partial charge on any atom is 0.381 e. The summed E-state index contributed by atoms with van der Waals surface area (Å²) >= 11 is 0. The zero-order valence-electron chi connectivity index (χ0n) is 14.2. The van der Waals surface area contributed by atoms with Crippen molar-refractivity contribution in [2.75, 3.05) is 0 Å². The molecule has 0 amide bonds. The first-order valence-electron chi connectivity index (χ1n) is 8.49. The van der Waals surface area contributed by atoms with Gasteiger partial charge in [-0.25, -0.2) is 0 Å². The van der Waals surface area contributed by atoms with E-state index in [4.69, 9.17) is 4.74 Å². The third-order valence-corrected chi connectivity index (χ3v) is 4.32. The lowest BCUT2D eigenvalue weighted by Gasteiger charge is -2.09. The molecule has 4 aromatic rings. The van der Waals surface area contributed by atoms with Gasteiger partial charge in [-0.05, 0) is 30.5 Å². The fourth-order valence-corrected chi connectivity index (χ4v) is 2.97. The summed E-state index contributed by atoms with van der Waals surface area (Å²) in [5.41, 5.74) is 2.47. The number of benzene rings is 3. The van der Waals surface area contributed by atoms with Crippen LogP contribution in [0.3, 0.4) is 0 Å². The summed E-state index contributed by atoms with van der Waals surface area (Å²) in [7, 11) is 0. The number of rotatable bonds is 4. The Morgan fingerprint density at radius 1 is 0.760 bits per heavy atom. The molecule has 0 N–H and O–H groups in total. The first kappa shape index (κ1) is 15.4. The summed E-state index contributed by atoms with van der Waals surface area (Å²) in [5, 5.41) is 2.29. The molecule has 0 aliphatic rings. The summed E-state index contributed by atoms with van der Waals surface area (Å²) in [5.74, 6) is 1.72. The van der Waals surface area contributed by atoms with Gasteiger partial charge in [0.15, 0.2) is 12.7 Å². The van der Waals surface area contributed by atoms with Gasteiger partial charge in [0.1, 0.15) is 5.75 Å². The Balaban J connectivity index is 1.80. The van der Waals surface area contributed by atoms with E-state index in [2.05, 4.69) is 84.4 Å². The molecule has 0 aliphatic heterocycles. The second kappa shape index (κ2) is 6.78. The van der Waals surface area contributed by atoms with E-state index in [0.29, 0.717) is 0 Å². The van der Waals surface area contributed by atoms with Crippen LogP contribution in [0.1, 0.15) is 11.1 Å². The van der Waals surface area contributed by atoms with Gasteiger partial charge in [0, 0.05) is 11.6 Å². The standard InChI is InChI=1S/C23H20NO/c1-18-11-13-21(14-12-18)25-23-22-10-6-5-9-20(22)15-16-24(23)17-19-7-3-2-4-8-19/h2-16H,17H2,1H3/q+1. The number of ether oxygens (including phenoxy) is 1. The van der Waals surface area contributed by atoms with Gasteiger partial charge in [-0.1, -0.05) is 66.2 Å². The number of hydrogen-bond donors (Lipinski definition) is 0. The van der Waals surface area contributed by atoms with E-state index in [0.717, 1.165) is 23.6 Å². The maximum absolute atomic E-state index is 6.31. The largest absolute Gasteiger partial charge is 0.405 e. The molecular weight excluding hydrogens is 306 g/mol. The number of aryl methyl sites for hydroxylation is 1. The summed E-state index contributed by atoms with van der Waals surface area (Å²) in [6.45, 7) is 2.85. The van der Waals surface area contributed by atoms with Crippen molar-refractivity contribution in [1.82, 2.24) is 0 Å². The predicted molar refractivity (Wildman–Crippen MR) is 101 cm³/mol. The molecule has 0 spiro atoms. The van der Waals surface area contributed by atoms with Crippen molar-refractivity contribution >= 4 is 10.8 Å². The van der Waals surface area contributed by atoms with Gasteiger partial charge >= 0.3 is 5.88 Å². The van der Waals surface area contributed by atoms with Gasteiger partial charge < -0.3 is 4.74 Å². The second-order valence-corrected chi connectivity index (χ2v) is 6.24. The Kier molecular flexibility index (Phi) is 4.17. The molecule has 122 valence electrons. The van der Waals surface area contributed by atoms with Gasteiger partial charge in [-0.15, -0.1) is 0 Å². The number of pyridine rings is 1. The molecule has 2 nitrogen and oxygen atoms in total. The third kappa shape index (κ3) is 3.38. The van der Waals surface area contributed by atoms with Crippen LogP contribution in [0.4, 0.5) is 0 Å². The van der Waals surface area contributed by atoms with Crippen LogP contribution in [0, 0.1) is 6.92 Å². The van der Waals surface area contributed by atoms with Crippen LogP contribution >= 0.6 is 0 Å². The molecule has 0 radical (unpaired) electrons. The Bertz CT molecular complexity index is 991. The van der Waals surface area contributed by atoms with Crippen molar-refractivity contribution in [3.05, 3.63) is 102 Å². The highest BCUT2D eigenvalue weighted by Gasteiger charge is 2.18. The van der Waals surface area contributed by atoms with Gasteiger partial charge in [0.25, 0.3) is 0 Å². The Labute approximate surface area is 148 Å². The normalized spacial score (nSPS) is 10.8. The van der Waals surface area contributed by atoms with Crippen LogP contribution in [0.15, 0.2) is 91.1 Å². The molecule has 1 aromatic heterocycles. The van der Waals surface area contributed by atoms with Crippen LogP contribution in [-0.4, -0.2) is 0 Å². The molecule has 2 heteroatoms. The van der Waals surface area contributed by atoms with E-state index in [1.165, 1.54) is 16.5 Å². The minimum atomic E-state index is 0.771. The minimum Gasteiger partial charge on any atom is -0.405 e. The smallest absolute Gasteiger partial charge is 0.381 e. The molecule has 0 bridgehead atoms. The lowest BCUT2D eigenvalue weighted by atomic mass is 10.1. The van der Waals surface area contributed by atoms with Gasteiger partial charge in [-0.3, -0.25) is 0 Å². The topological polar surface area (TPSA) is 13.1 Å². The molecule has 3 aromatic carbocycles. The molecule has 0 unspecified atom stereocenters. The zero-order chi connectivity index (χ0) is 17.1. The average Bonchev–Trinajstić information content (AvgIpc) is 2.66. The summed E-state index contributed by atoms with van der Waals surface area (Å²) in [6, 6.07) is 29.1. The van der Waals surface area contributed by atoms with E-state index >= 15 is 0 Å². The first-order chi connectivity index (χ1) is 12.3. The molecule has 0 aliphatic carbocycles. The summed E-state index contributed by atoms with van der Waals surface area (Å²) < 4.78 is 8.48. The van der Waals surface area contributed by atoms with E-state index in [-0.39, 0.29) is 0 Å². The van der Waals surface area contributed by atoms with Crippen molar-refractivity contribution in [1.29, 1.82) is 0 Å². The number of aromatic nitrogens is 1. The highest BCUT2D eigenvalue weighted by atomic mass is 16.5. The van der Waals surface area contributed by atoms with Crippen molar-refractivity contribution in [3.63, 3.8) is 0 Å². The van der Waals surface area contributed by atoms with E-state index in [9.17, 15) is 0 Å². The highest BCUT2D eigenvalue weighted by Crippen LogP contribution is 2.27. The van der Waals surface area contributed by atoms with Crippen molar-refractivity contribution in [3.8, 4) is 11.6 Å². The number of hydrogen-bond acceptors (Lipinski definition) is 1. The van der Waals surface area contributed by atoms with Gasteiger partial charge in [0.2, 0.25) is 0 Å². The van der Waals surface area contributed by atoms with E-state index in [1.807, 2.05) is 18.2 Å². The highest BCUT2D eigenvalue weighted by molar-refractivity contribution is 5.85. The van der Waals surface area contributed by atoms with Gasteiger partial charge in [-0.2, -0.15) is 4.57 Å². The van der Waals surface area contributed by atoms with Crippen LogP contribution in [0.25, 0.3) is 10.8 Å². The lowest BCUT2D eigenvalue weighted by molar-refractivity contribution is -0.691. The quantitative estimate of drug-likeness (QED) is 0.465. The summed E-state index contributed by atoms with van der Waals surface area (Å²) in [4.78, 5) is 0. The molecule has 0 fully saturated rings. The molecular formula is C23H20NO+. The molecule has 4 rings (SSSR count). The van der Waals surface area contributed by atoms with Crippen molar-refractivity contribution in [2.24, 2.45) is 0 Å². The Hall–Kier alpha value is -3.13. The maximum atomic E-state index is 6.31. The average molecular weight is 326 g/mol.